The van der Waals surface area contributed by atoms with E-state index in [-0.39, 0.29) is 12.1 Å². The van der Waals surface area contributed by atoms with Crippen LogP contribution < -0.4 is 10.6 Å². The summed E-state index contributed by atoms with van der Waals surface area (Å²) < 4.78 is 5.00. The number of thioether (sulfide) groups is 1. The van der Waals surface area contributed by atoms with Crippen LogP contribution >= 0.6 is 11.8 Å². The predicted octanol–water partition coefficient (Wildman–Crippen LogP) is 3.53. The van der Waals surface area contributed by atoms with Gasteiger partial charge in [0.2, 0.25) is 0 Å². The molecule has 2 N–H and O–H groups in total. The minimum atomic E-state index is -0.232. The molecule has 0 aliphatic heterocycles. The van der Waals surface area contributed by atoms with E-state index in [1.165, 1.54) is 0 Å². The summed E-state index contributed by atoms with van der Waals surface area (Å²) in [5.41, 5.74) is 1.90. The Labute approximate surface area is 140 Å². The van der Waals surface area contributed by atoms with Crippen molar-refractivity contribution in [2.45, 2.75) is 23.7 Å². The number of ether oxygens (including phenoxy) is 1. The van der Waals surface area contributed by atoms with Crippen LogP contribution in [-0.2, 0) is 10.5 Å². The van der Waals surface area contributed by atoms with Crippen molar-refractivity contribution in [1.82, 2.24) is 10.3 Å². The standard InChI is InChI=1S/C17H21N3O2S/c1-13(11-22-2)19-17(21)20-15-7-5-6-14(10-15)12-23-16-8-3-4-9-18-16/h3-10,13H,11-12H2,1-2H3,(H2,19,20,21). The zero-order valence-electron chi connectivity index (χ0n) is 13.3. The number of carbonyl (C=O) groups is 1. The van der Waals surface area contributed by atoms with Gasteiger partial charge in [-0.25, -0.2) is 9.78 Å². The molecule has 0 bridgehead atoms. The predicted molar refractivity (Wildman–Crippen MR) is 93.7 cm³/mol. The fourth-order valence-corrected chi connectivity index (χ4v) is 2.82. The van der Waals surface area contributed by atoms with Crippen molar-refractivity contribution in [3.8, 4) is 0 Å². The average Bonchev–Trinajstić information content (AvgIpc) is 2.54. The molecule has 0 radical (unpaired) electrons. The minimum absolute atomic E-state index is 0.0390. The summed E-state index contributed by atoms with van der Waals surface area (Å²) in [5.74, 6) is 0.800. The molecule has 1 aromatic heterocycles. The molecule has 2 rings (SSSR count). The van der Waals surface area contributed by atoms with Gasteiger partial charge < -0.3 is 15.4 Å². The van der Waals surface area contributed by atoms with Gasteiger partial charge in [0.15, 0.2) is 0 Å². The zero-order valence-corrected chi connectivity index (χ0v) is 14.1. The highest BCUT2D eigenvalue weighted by Gasteiger charge is 2.07. The second-order valence-electron chi connectivity index (χ2n) is 5.11. The lowest BCUT2D eigenvalue weighted by Gasteiger charge is -2.14. The first-order valence-corrected chi connectivity index (χ1v) is 8.35. The van der Waals surface area contributed by atoms with Gasteiger partial charge in [0.1, 0.15) is 0 Å². The van der Waals surface area contributed by atoms with Crippen molar-refractivity contribution >= 4 is 23.5 Å². The Morgan fingerprint density at radius 1 is 1.30 bits per heavy atom. The molecule has 23 heavy (non-hydrogen) atoms. The smallest absolute Gasteiger partial charge is 0.319 e. The first-order valence-electron chi connectivity index (χ1n) is 7.36. The van der Waals surface area contributed by atoms with E-state index in [1.54, 1.807) is 25.1 Å². The lowest BCUT2D eigenvalue weighted by atomic mass is 10.2. The van der Waals surface area contributed by atoms with Gasteiger partial charge >= 0.3 is 6.03 Å². The van der Waals surface area contributed by atoms with Crippen LogP contribution in [0.15, 0.2) is 53.7 Å². The number of carbonyl (C=O) groups excluding carboxylic acids is 1. The third-order valence-corrected chi connectivity index (χ3v) is 4.02. The minimum Gasteiger partial charge on any atom is -0.383 e. The number of rotatable bonds is 7. The van der Waals surface area contributed by atoms with E-state index < -0.39 is 0 Å². The number of anilines is 1. The van der Waals surface area contributed by atoms with Crippen LogP contribution in [0.4, 0.5) is 10.5 Å². The number of methoxy groups -OCH3 is 1. The van der Waals surface area contributed by atoms with Crippen LogP contribution in [0.1, 0.15) is 12.5 Å². The zero-order chi connectivity index (χ0) is 16.5. The Morgan fingerprint density at radius 2 is 2.17 bits per heavy atom. The number of benzene rings is 1. The van der Waals surface area contributed by atoms with Crippen molar-refractivity contribution in [3.63, 3.8) is 0 Å². The van der Waals surface area contributed by atoms with E-state index in [4.69, 9.17) is 4.74 Å². The number of urea groups is 1. The summed E-state index contributed by atoms with van der Waals surface area (Å²) >= 11 is 1.66. The fourth-order valence-electron chi connectivity index (χ4n) is 2.01. The molecular formula is C17H21N3O2S. The van der Waals surface area contributed by atoms with Crippen molar-refractivity contribution in [1.29, 1.82) is 0 Å². The van der Waals surface area contributed by atoms with E-state index in [0.29, 0.717) is 6.61 Å². The molecule has 0 saturated carbocycles. The van der Waals surface area contributed by atoms with Crippen LogP contribution in [0.3, 0.4) is 0 Å². The highest BCUT2D eigenvalue weighted by Crippen LogP contribution is 2.22. The molecule has 0 fully saturated rings. The summed E-state index contributed by atoms with van der Waals surface area (Å²) in [6, 6.07) is 13.4. The van der Waals surface area contributed by atoms with Crippen molar-refractivity contribution in [2.24, 2.45) is 0 Å². The van der Waals surface area contributed by atoms with E-state index in [9.17, 15) is 4.79 Å². The number of hydrogen-bond donors (Lipinski definition) is 2. The number of nitrogens with one attached hydrogen (secondary N) is 2. The number of aromatic nitrogens is 1. The van der Waals surface area contributed by atoms with Gasteiger partial charge in [-0.1, -0.05) is 18.2 Å². The second-order valence-corrected chi connectivity index (χ2v) is 6.11. The van der Waals surface area contributed by atoms with Crippen molar-refractivity contribution in [2.75, 3.05) is 19.0 Å². The monoisotopic (exact) mass is 331 g/mol. The SMILES string of the molecule is COCC(C)NC(=O)Nc1cccc(CSc2ccccn2)c1. The van der Waals surface area contributed by atoms with Crippen LogP contribution in [-0.4, -0.2) is 30.8 Å². The molecular weight excluding hydrogens is 310 g/mol. The van der Waals surface area contributed by atoms with Crippen LogP contribution in [0.5, 0.6) is 0 Å². The van der Waals surface area contributed by atoms with Gasteiger partial charge in [-0.05, 0) is 36.8 Å². The number of amides is 2. The molecule has 6 heteroatoms. The summed E-state index contributed by atoms with van der Waals surface area (Å²) in [4.78, 5) is 16.2. The van der Waals surface area contributed by atoms with Crippen LogP contribution in [0.2, 0.25) is 0 Å². The summed E-state index contributed by atoms with van der Waals surface area (Å²) in [7, 11) is 1.61. The van der Waals surface area contributed by atoms with E-state index >= 15 is 0 Å². The normalized spacial score (nSPS) is 11.7. The Bertz CT molecular complexity index is 622. The highest BCUT2D eigenvalue weighted by molar-refractivity contribution is 7.98. The third kappa shape index (κ3) is 6.30. The van der Waals surface area contributed by atoms with Crippen molar-refractivity contribution < 1.29 is 9.53 Å². The van der Waals surface area contributed by atoms with E-state index in [2.05, 4.69) is 15.6 Å². The molecule has 1 atom stereocenters. The summed E-state index contributed by atoms with van der Waals surface area (Å²) in [6.45, 7) is 2.37. The lowest BCUT2D eigenvalue weighted by molar-refractivity contribution is 0.173. The Kier molecular flexibility index (Phi) is 6.90. The number of hydrogen-bond acceptors (Lipinski definition) is 4. The average molecular weight is 331 g/mol. The first kappa shape index (κ1) is 17.3. The van der Waals surface area contributed by atoms with Gasteiger partial charge in [0.05, 0.1) is 17.7 Å². The number of pyridine rings is 1. The molecule has 0 aliphatic rings. The molecule has 1 aromatic carbocycles. The van der Waals surface area contributed by atoms with E-state index in [1.807, 2.05) is 49.4 Å². The maximum absolute atomic E-state index is 11.9. The summed E-state index contributed by atoms with van der Waals surface area (Å²) in [6.07, 6.45) is 1.78. The first-order chi connectivity index (χ1) is 11.2. The molecule has 0 aliphatic carbocycles. The Morgan fingerprint density at radius 3 is 2.91 bits per heavy atom. The highest BCUT2D eigenvalue weighted by atomic mass is 32.2. The molecule has 2 amide bonds. The molecule has 0 saturated heterocycles. The Balaban J connectivity index is 1.88. The van der Waals surface area contributed by atoms with Gasteiger partial charge in [-0.2, -0.15) is 0 Å². The molecule has 122 valence electrons. The van der Waals surface area contributed by atoms with Gasteiger partial charge in [0, 0.05) is 24.7 Å². The summed E-state index contributed by atoms with van der Waals surface area (Å²) in [5, 5.41) is 6.64. The molecule has 1 unspecified atom stereocenters. The third-order valence-electron chi connectivity index (χ3n) is 3.00. The maximum atomic E-state index is 11.9. The fraction of sp³-hybridized carbons (Fsp3) is 0.294. The lowest BCUT2D eigenvalue weighted by Crippen LogP contribution is -2.38. The molecule has 2 aromatic rings. The van der Waals surface area contributed by atoms with Crippen LogP contribution in [0, 0.1) is 0 Å². The quantitative estimate of drug-likeness (QED) is 0.762. The van der Waals surface area contributed by atoms with Gasteiger partial charge in [-0.15, -0.1) is 11.8 Å². The van der Waals surface area contributed by atoms with Gasteiger partial charge in [0.25, 0.3) is 0 Å². The number of nitrogens with zero attached hydrogens (tertiary/aromatic N) is 1. The van der Waals surface area contributed by atoms with Gasteiger partial charge in [-0.3, -0.25) is 0 Å². The van der Waals surface area contributed by atoms with E-state index in [0.717, 1.165) is 22.0 Å². The second kappa shape index (κ2) is 9.17. The van der Waals surface area contributed by atoms with Crippen LogP contribution in [0.25, 0.3) is 0 Å². The molecule has 1 heterocycles. The largest absolute Gasteiger partial charge is 0.383 e. The molecule has 5 nitrogen and oxygen atoms in total. The molecule has 0 spiro atoms. The topological polar surface area (TPSA) is 63.2 Å². The Hall–Kier alpha value is -2.05. The van der Waals surface area contributed by atoms with Crippen molar-refractivity contribution in [3.05, 3.63) is 54.2 Å². The maximum Gasteiger partial charge on any atom is 0.319 e.